The monoisotopic (exact) mass is 381 g/mol. The first-order valence-corrected chi connectivity index (χ1v) is 8.58. The largest absolute Gasteiger partial charge is 0.481 e. The number of aryl methyl sites for hydroxylation is 1. The summed E-state index contributed by atoms with van der Waals surface area (Å²) >= 11 is 0. The second kappa shape index (κ2) is 7.96. The van der Waals surface area contributed by atoms with Gasteiger partial charge < -0.3 is 19.2 Å². The molecule has 7 heteroatoms. The Hall–Kier alpha value is -3.61. The highest BCUT2D eigenvalue weighted by Gasteiger charge is 2.19. The summed E-state index contributed by atoms with van der Waals surface area (Å²) in [5.41, 5.74) is 1.30. The molecule has 1 heterocycles. The van der Waals surface area contributed by atoms with E-state index in [1.54, 1.807) is 49.4 Å². The van der Waals surface area contributed by atoms with Crippen molar-refractivity contribution in [3.63, 3.8) is 0 Å². The highest BCUT2D eigenvalue weighted by atomic mass is 16.5. The van der Waals surface area contributed by atoms with E-state index in [1.807, 2.05) is 6.92 Å². The number of nitrogens with one attached hydrogen (secondary N) is 1. The second-order valence-corrected chi connectivity index (χ2v) is 6.19. The van der Waals surface area contributed by atoms with E-state index in [1.165, 1.54) is 13.2 Å². The lowest BCUT2D eigenvalue weighted by Gasteiger charge is -2.16. The van der Waals surface area contributed by atoms with Crippen LogP contribution in [0.4, 0.5) is 5.69 Å². The fourth-order valence-electron chi connectivity index (χ4n) is 2.75. The molecule has 144 valence electrons. The minimum atomic E-state index is -0.861. The number of methoxy groups -OCH3 is 1. The zero-order valence-electron chi connectivity index (χ0n) is 15.6. The van der Waals surface area contributed by atoms with Crippen molar-refractivity contribution in [2.45, 2.75) is 20.0 Å². The van der Waals surface area contributed by atoms with Crippen LogP contribution in [-0.2, 0) is 9.53 Å². The molecule has 0 saturated carbocycles. The van der Waals surface area contributed by atoms with Crippen molar-refractivity contribution in [2.24, 2.45) is 0 Å². The van der Waals surface area contributed by atoms with E-state index in [9.17, 15) is 14.4 Å². The van der Waals surface area contributed by atoms with Crippen LogP contribution in [-0.4, -0.2) is 25.1 Å². The molecule has 1 aromatic heterocycles. The van der Waals surface area contributed by atoms with Gasteiger partial charge in [-0.25, -0.2) is 9.59 Å². The van der Waals surface area contributed by atoms with Crippen LogP contribution in [0.2, 0.25) is 0 Å². The lowest BCUT2D eigenvalue weighted by Crippen LogP contribution is -2.30. The van der Waals surface area contributed by atoms with E-state index in [-0.39, 0.29) is 5.56 Å². The summed E-state index contributed by atoms with van der Waals surface area (Å²) in [4.78, 5) is 35.9. The topological polar surface area (TPSA) is 94.8 Å². The Morgan fingerprint density at radius 2 is 1.86 bits per heavy atom. The van der Waals surface area contributed by atoms with Gasteiger partial charge in [0.25, 0.3) is 5.91 Å². The van der Waals surface area contributed by atoms with Crippen molar-refractivity contribution < 1.29 is 23.5 Å². The van der Waals surface area contributed by atoms with Gasteiger partial charge in [-0.05, 0) is 43.7 Å². The maximum absolute atomic E-state index is 12.5. The zero-order valence-corrected chi connectivity index (χ0v) is 15.6. The molecule has 0 saturated heterocycles. The molecule has 3 rings (SSSR count). The molecule has 0 aliphatic carbocycles. The summed E-state index contributed by atoms with van der Waals surface area (Å²) < 4.78 is 15.6. The first-order valence-electron chi connectivity index (χ1n) is 8.58. The van der Waals surface area contributed by atoms with Crippen LogP contribution in [0.3, 0.4) is 0 Å². The smallest absolute Gasteiger partial charge is 0.339 e. The number of benzene rings is 2. The van der Waals surface area contributed by atoms with E-state index in [2.05, 4.69) is 5.32 Å². The number of hydrogen-bond donors (Lipinski definition) is 1. The van der Waals surface area contributed by atoms with E-state index >= 15 is 0 Å². The van der Waals surface area contributed by atoms with E-state index in [0.717, 1.165) is 10.9 Å². The minimum absolute atomic E-state index is 0.244. The van der Waals surface area contributed by atoms with Gasteiger partial charge >= 0.3 is 11.6 Å². The number of carbonyl (C=O) groups is 2. The van der Waals surface area contributed by atoms with Crippen LogP contribution >= 0.6 is 0 Å². The third kappa shape index (κ3) is 4.03. The van der Waals surface area contributed by atoms with Gasteiger partial charge in [-0.15, -0.1) is 0 Å². The van der Waals surface area contributed by atoms with E-state index in [0.29, 0.717) is 17.0 Å². The van der Waals surface area contributed by atoms with Gasteiger partial charge in [0.15, 0.2) is 6.10 Å². The Balaban J connectivity index is 1.77. The van der Waals surface area contributed by atoms with Gasteiger partial charge in [-0.3, -0.25) is 4.79 Å². The molecule has 1 atom stereocenters. The van der Waals surface area contributed by atoms with E-state index in [4.69, 9.17) is 13.9 Å². The molecule has 0 unspecified atom stereocenters. The van der Waals surface area contributed by atoms with Crippen molar-refractivity contribution in [1.29, 1.82) is 0 Å². The van der Waals surface area contributed by atoms with Gasteiger partial charge in [0.2, 0.25) is 0 Å². The normalized spacial score (nSPS) is 11.7. The maximum Gasteiger partial charge on any atom is 0.339 e. The van der Waals surface area contributed by atoms with Gasteiger partial charge in [0.05, 0.1) is 18.4 Å². The Morgan fingerprint density at radius 3 is 2.61 bits per heavy atom. The lowest BCUT2D eigenvalue weighted by atomic mass is 10.1. The van der Waals surface area contributed by atoms with Crippen LogP contribution in [0, 0.1) is 6.92 Å². The summed E-state index contributed by atoms with van der Waals surface area (Å²) in [5.74, 6) is -0.614. The number of carbonyl (C=O) groups excluding carboxylic acids is 2. The number of hydrogen-bond acceptors (Lipinski definition) is 6. The van der Waals surface area contributed by atoms with E-state index < -0.39 is 23.6 Å². The van der Waals surface area contributed by atoms with Gasteiger partial charge in [0, 0.05) is 17.5 Å². The molecule has 0 radical (unpaired) electrons. The van der Waals surface area contributed by atoms with Gasteiger partial charge in [-0.1, -0.05) is 12.1 Å². The molecule has 0 aliphatic rings. The summed E-state index contributed by atoms with van der Waals surface area (Å²) in [6.45, 7) is 3.39. The second-order valence-electron chi connectivity index (χ2n) is 6.19. The molecule has 1 amide bonds. The van der Waals surface area contributed by atoms with Crippen LogP contribution in [0.5, 0.6) is 5.75 Å². The fraction of sp³-hybridized carbons (Fsp3) is 0.190. The van der Waals surface area contributed by atoms with Crippen molar-refractivity contribution in [3.8, 4) is 5.75 Å². The molecule has 0 bridgehead atoms. The molecule has 0 aliphatic heterocycles. The third-order valence-electron chi connectivity index (χ3n) is 4.20. The van der Waals surface area contributed by atoms with Crippen molar-refractivity contribution >= 4 is 28.5 Å². The Bertz CT molecular complexity index is 1100. The third-order valence-corrected chi connectivity index (χ3v) is 4.20. The van der Waals surface area contributed by atoms with Gasteiger partial charge in [0.1, 0.15) is 11.3 Å². The number of esters is 1. The van der Waals surface area contributed by atoms with Crippen LogP contribution in [0.15, 0.2) is 57.7 Å². The molecule has 2 aromatic carbocycles. The molecule has 28 heavy (non-hydrogen) atoms. The van der Waals surface area contributed by atoms with Crippen molar-refractivity contribution in [1.82, 2.24) is 0 Å². The predicted octanol–water partition coefficient (Wildman–Crippen LogP) is 3.29. The SMILES string of the molecule is COC(=O)c1ccccc1NC(=O)[C@@H](C)Oc1ccc2c(C)cc(=O)oc2c1. The van der Waals surface area contributed by atoms with Crippen LogP contribution in [0.25, 0.3) is 11.0 Å². The molecule has 1 N–H and O–H groups in total. The summed E-state index contributed by atoms with van der Waals surface area (Å²) in [5, 5.41) is 3.45. The summed E-state index contributed by atoms with van der Waals surface area (Å²) in [6.07, 6.45) is -0.861. The molecule has 0 fully saturated rings. The quantitative estimate of drug-likeness (QED) is 0.538. The number of anilines is 1. The Morgan fingerprint density at radius 1 is 1.11 bits per heavy atom. The zero-order chi connectivity index (χ0) is 20.3. The summed E-state index contributed by atoms with van der Waals surface area (Å²) in [6, 6.07) is 13.0. The predicted molar refractivity (Wildman–Crippen MR) is 104 cm³/mol. The molecular weight excluding hydrogens is 362 g/mol. The first-order chi connectivity index (χ1) is 13.4. The standard InChI is InChI=1S/C21H19NO6/c1-12-10-19(23)28-18-11-14(8-9-15(12)18)27-13(2)20(24)22-17-7-5-4-6-16(17)21(25)26-3/h4-11,13H,1-3H3,(H,22,24)/t13-/m1/s1. The molecule has 0 spiro atoms. The average Bonchev–Trinajstić information content (AvgIpc) is 2.67. The van der Waals surface area contributed by atoms with Crippen molar-refractivity contribution in [2.75, 3.05) is 12.4 Å². The number of fused-ring (bicyclic) bond motifs is 1. The van der Waals surface area contributed by atoms with Gasteiger partial charge in [-0.2, -0.15) is 0 Å². The molecular formula is C21H19NO6. The highest BCUT2D eigenvalue weighted by Crippen LogP contribution is 2.23. The van der Waals surface area contributed by atoms with Crippen molar-refractivity contribution in [3.05, 3.63) is 70.1 Å². The lowest BCUT2D eigenvalue weighted by molar-refractivity contribution is -0.122. The Kier molecular flexibility index (Phi) is 5.44. The van der Waals surface area contributed by atoms with Crippen LogP contribution < -0.4 is 15.7 Å². The average molecular weight is 381 g/mol. The number of para-hydroxylation sites is 1. The first kappa shape index (κ1) is 19.2. The minimum Gasteiger partial charge on any atom is -0.481 e. The molecule has 3 aromatic rings. The fourth-order valence-corrected chi connectivity index (χ4v) is 2.75. The van der Waals surface area contributed by atoms with Crippen LogP contribution in [0.1, 0.15) is 22.8 Å². The maximum atomic E-state index is 12.5. The summed E-state index contributed by atoms with van der Waals surface area (Å²) in [7, 11) is 1.27. The molecule has 7 nitrogen and oxygen atoms in total. The number of amides is 1. The highest BCUT2D eigenvalue weighted by molar-refractivity contribution is 6.02. The Labute approximate surface area is 160 Å². The number of ether oxygens (including phenoxy) is 2. The number of rotatable bonds is 5.